The molecule has 1 aromatic heterocycles. The molecule has 6 heteroatoms. The number of carboxylic acids is 1. The second-order valence-electron chi connectivity index (χ2n) is 3.13. The Bertz CT molecular complexity index is 648. The Kier molecular flexibility index (Phi) is 2.61. The van der Waals surface area contributed by atoms with Crippen molar-refractivity contribution < 1.29 is 9.90 Å². The zero-order valence-corrected chi connectivity index (χ0v) is 9.22. The summed E-state index contributed by atoms with van der Waals surface area (Å²) in [6.07, 6.45) is 1.06. The number of hydrogen-bond donors (Lipinski definition) is 1. The van der Waals surface area contributed by atoms with Gasteiger partial charge in [-0.2, -0.15) is 0 Å². The van der Waals surface area contributed by atoms with Crippen LogP contribution in [0.2, 0.25) is 10.0 Å². The predicted octanol–water partition coefficient (Wildman–Crippen LogP) is 1.20. The molecule has 4 nitrogen and oxygen atoms in total. The minimum Gasteiger partial charge on any atom is -0.545 e. The molecule has 82 valence electrons. The highest BCUT2D eigenvalue weighted by atomic mass is 35.5. The molecule has 0 unspecified atom stereocenters. The van der Waals surface area contributed by atoms with Gasteiger partial charge < -0.3 is 14.9 Å². The van der Waals surface area contributed by atoms with E-state index in [1.165, 1.54) is 12.1 Å². The van der Waals surface area contributed by atoms with Gasteiger partial charge in [0.25, 0.3) is 0 Å². The molecule has 0 aliphatic rings. The summed E-state index contributed by atoms with van der Waals surface area (Å²) in [5.74, 6) is -1.54. The zero-order valence-electron chi connectivity index (χ0n) is 7.71. The number of halogens is 2. The van der Waals surface area contributed by atoms with Crippen molar-refractivity contribution in [3.63, 3.8) is 0 Å². The van der Waals surface area contributed by atoms with Gasteiger partial charge in [-0.25, -0.2) is 0 Å². The Morgan fingerprint density at radius 2 is 2.00 bits per heavy atom. The van der Waals surface area contributed by atoms with Gasteiger partial charge in [0.1, 0.15) is 0 Å². The summed E-state index contributed by atoms with van der Waals surface area (Å²) in [5, 5.41) is 11.3. The molecular weight excluding hydrogens is 253 g/mol. The Balaban J connectivity index is 2.95. The van der Waals surface area contributed by atoms with Crippen molar-refractivity contribution in [2.75, 3.05) is 0 Å². The molecule has 0 fully saturated rings. The molecule has 0 atom stereocenters. The molecule has 0 aliphatic heterocycles. The van der Waals surface area contributed by atoms with Crippen LogP contribution in [0.5, 0.6) is 0 Å². The smallest absolute Gasteiger partial charge is 0.198 e. The number of H-pyrrole nitrogens is 1. The number of benzene rings is 1. The van der Waals surface area contributed by atoms with Crippen molar-refractivity contribution in [2.45, 2.75) is 0 Å². The van der Waals surface area contributed by atoms with Crippen molar-refractivity contribution in [2.24, 2.45) is 0 Å². The van der Waals surface area contributed by atoms with Crippen LogP contribution >= 0.6 is 23.2 Å². The van der Waals surface area contributed by atoms with E-state index in [0.717, 1.165) is 6.20 Å². The fraction of sp³-hybridized carbons (Fsp3) is 0. The number of aromatic nitrogens is 1. The van der Waals surface area contributed by atoms with E-state index >= 15 is 0 Å². The lowest BCUT2D eigenvalue weighted by atomic mass is 10.1. The van der Waals surface area contributed by atoms with Gasteiger partial charge in [-0.1, -0.05) is 23.2 Å². The molecule has 0 saturated heterocycles. The third-order valence-electron chi connectivity index (χ3n) is 2.13. The molecular formula is C10H4Cl2NO3-. The van der Waals surface area contributed by atoms with Crippen LogP contribution < -0.4 is 10.5 Å². The quantitative estimate of drug-likeness (QED) is 0.834. The maximum atomic E-state index is 11.7. The number of nitrogens with one attached hydrogen (secondary N) is 1. The Hall–Kier alpha value is -1.52. The number of aromatic carboxylic acids is 1. The van der Waals surface area contributed by atoms with Crippen LogP contribution in [0.1, 0.15) is 10.4 Å². The van der Waals surface area contributed by atoms with Crippen molar-refractivity contribution in [3.8, 4) is 0 Å². The van der Waals surface area contributed by atoms with E-state index in [0.29, 0.717) is 5.52 Å². The van der Waals surface area contributed by atoms with Crippen LogP contribution in [-0.2, 0) is 0 Å². The standard InChI is InChI=1S/C10H5Cl2NO3/c11-4-1-5-8(7(12)2-4)13-3-6(9(5)14)10(15)16/h1-3H,(H,13,14)(H,15,16)/p-1. The lowest BCUT2D eigenvalue weighted by molar-refractivity contribution is -0.255. The van der Waals surface area contributed by atoms with E-state index in [4.69, 9.17) is 23.2 Å². The first-order valence-electron chi connectivity index (χ1n) is 4.22. The van der Waals surface area contributed by atoms with E-state index < -0.39 is 17.0 Å². The first-order valence-corrected chi connectivity index (χ1v) is 4.98. The molecule has 0 bridgehead atoms. The summed E-state index contributed by atoms with van der Waals surface area (Å²) in [4.78, 5) is 25.0. The predicted molar refractivity (Wildman–Crippen MR) is 58.9 cm³/mol. The minimum atomic E-state index is -1.54. The normalized spacial score (nSPS) is 10.6. The fourth-order valence-corrected chi connectivity index (χ4v) is 1.95. The molecule has 0 aliphatic carbocycles. The number of carbonyl (C=O) groups excluding carboxylic acids is 1. The van der Waals surface area contributed by atoms with Crippen LogP contribution in [0.25, 0.3) is 10.9 Å². The number of pyridine rings is 1. The third kappa shape index (κ3) is 1.66. The van der Waals surface area contributed by atoms with E-state index in [-0.39, 0.29) is 15.4 Å². The second-order valence-corrected chi connectivity index (χ2v) is 3.97. The van der Waals surface area contributed by atoms with Crippen LogP contribution in [0.3, 0.4) is 0 Å². The van der Waals surface area contributed by atoms with Crippen LogP contribution in [0.15, 0.2) is 23.1 Å². The molecule has 2 rings (SSSR count). The largest absolute Gasteiger partial charge is 0.545 e. The molecule has 1 heterocycles. The van der Waals surface area contributed by atoms with Gasteiger partial charge >= 0.3 is 0 Å². The van der Waals surface area contributed by atoms with E-state index in [2.05, 4.69) is 4.98 Å². The summed E-state index contributed by atoms with van der Waals surface area (Å²) in [7, 11) is 0. The molecule has 16 heavy (non-hydrogen) atoms. The monoisotopic (exact) mass is 256 g/mol. The van der Waals surface area contributed by atoms with Gasteiger partial charge in [0, 0.05) is 16.6 Å². The first kappa shape index (κ1) is 11.0. The van der Waals surface area contributed by atoms with E-state index in [1.54, 1.807) is 0 Å². The van der Waals surface area contributed by atoms with E-state index in [1.807, 2.05) is 0 Å². The molecule has 0 radical (unpaired) electrons. The van der Waals surface area contributed by atoms with Gasteiger partial charge in [0.05, 0.1) is 22.1 Å². The number of hydrogen-bond acceptors (Lipinski definition) is 3. The van der Waals surface area contributed by atoms with Crippen molar-refractivity contribution in [1.82, 2.24) is 4.98 Å². The van der Waals surface area contributed by atoms with Crippen LogP contribution in [0.4, 0.5) is 0 Å². The third-order valence-corrected chi connectivity index (χ3v) is 2.64. The highest BCUT2D eigenvalue weighted by molar-refractivity contribution is 6.38. The molecule has 0 saturated carbocycles. The maximum Gasteiger partial charge on any atom is 0.198 e. The zero-order chi connectivity index (χ0) is 11.9. The Morgan fingerprint density at radius 1 is 1.31 bits per heavy atom. The topological polar surface area (TPSA) is 73.0 Å². The summed E-state index contributed by atoms with van der Waals surface area (Å²) in [6.45, 7) is 0. The van der Waals surface area contributed by atoms with E-state index in [9.17, 15) is 14.7 Å². The number of fused-ring (bicyclic) bond motifs is 1. The molecule has 1 N–H and O–H groups in total. The van der Waals surface area contributed by atoms with Crippen LogP contribution in [-0.4, -0.2) is 11.0 Å². The highest BCUT2D eigenvalue weighted by Gasteiger charge is 2.09. The Morgan fingerprint density at radius 3 is 2.62 bits per heavy atom. The summed E-state index contributed by atoms with van der Waals surface area (Å²) < 4.78 is 0. The second kappa shape index (κ2) is 3.81. The number of aromatic amines is 1. The molecule has 0 amide bonds. The molecule has 0 spiro atoms. The number of carboxylic acid groups (broad SMARTS) is 1. The SMILES string of the molecule is O=C([O-])c1c[nH]c2c(Cl)cc(Cl)cc2c1=O. The highest BCUT2D eigenvalue weighted by Crippen LogP contribution is 2.24. The molecule has 1 aromatic carbocycles. The van der Waals surface area contributed by atoms with Crippen molar-refractivity contribution in [3.05, 3.63) is 44.2 Å². The van der Waals surface area contributed by atoms with Gasteiger partial charge in [-0.3, -0.25) is 4.79 Å². The van der Waals surface area contributed by atoms with Gasteiger partial charge in [-0.05, 0) is 12.1 Å². The number of rotatable bonds is 1. The lowest BCUT2D eigenvalue weighted by Gasteiger charge is -2.05. The van der Waals surface area contributed by atoms with Gasteiger partial charge in [0.15, 0.2) is 5.43 Å². The Labute approximate surface area is 99.4 Å². The number of carbonyl (C=O) groups is 1. The maximum absolute atomic E-state index is 11.7. The summed E-state index contributed by atoms with van der Waals surface area (Å²) in [6, 6.07) is 2.81. The van der Waals surface area contributed by atoms with Gasteiger partial charge in [0.2, 0.25) is 0 Å². The molecule has 2 aromatic rings. The summed E-state index contributed by atoms with van der Waals surface area (Å²) >= 11 is 11.6. The average Bonchev–Trinajstić information content (AvgIpc) is 2.19. The minimum absolute atomic E-state index is 0.124. The van der Waals surface area contributed by atoms with Crippen molar-refractivity contribution in [1.29, 1.82) is 0 Å². The first-order chi connectivity index (χ1) is 7.50. The van der Waals surface area contributed by atoms with Gasteiger partial charge in [-0.15, -0.1) is 0 Å². The average molecular weight is 257 g/mol. The summed E-state index contributed by atoms with van der Waals surface area (Å²) in [5.41, 5.74) is -0.773. The van der Waals surface area contributed by atoms with Crippen molar-refractivity contribution >= 4 is 40.1 Å². The lowest BCUT2D eigenvalue weighted by Crippen LogP contribution is -2.29. The fourth-order valence-electron chi connectivity index (χ4n) is 1.41. The van der Waals surface area contributed by atoms with Crippen LogP contribution in [0, 0.1) is 0 Å².